The molecule has 1 aromatic carbocycles. The van der Waals surface area contributed by atoms with Crippen molar-refractivity contribution < 1.29 is 4.79 Å². The van der Waals surface area contributed by atoms with Crippen LogP contribution in [0.5, 0.6) is 0 Å². The Labute approximate surface area is 134 Å². The Kier molecular flexibility index (Phi) is 5.47. The SMILES string of the molecule is CN(C)CC1CCN(C(=O)c2ccc(Cl)c(Br)c2)CC1. The molecule has 3 nitrogen and oxygen atoms in total. The van der Waals surface area contributed by atoms with E-state index in [9.17, 15) is 4.79 Å². The van der Waals surface area contributed by atoms with Crippen molar-refractivity contribution in [2.75, 3.05) is 33.7 Å². The fraction of sp³-hybridized carbons (Fsp3) is 0.533. The predicted octanol–water partition coefficient (Wildman–Crippen LogP) is 3.52. The lowest BCUT2D eigenvalue weighted by atomic mass is 9.96. The molecule has 1 aliphatic rings. The van der Waals surface area contributed by atoms with E-state index in [1.165, 1.54) is 0 Å². The van der Waals surface area contributed by atoms with Gasteiger partial charge in [-0.3, -0.25) is 4.79 Å². The lowest BCUT2D eigenvalue weighted by Gasteiger charge is -2.33. The van der Waals surface area contributed by atoms with Crippen molar-refractivity contribution in [1.82, 2.24) is 9.80 Å². The van der Waals surface area contributed by atoms with Crippen molar-refractivity contribution in [2.45, 2.75) is 12.8 Å². The molecule has 1 heterocycles. The Balaban J connectivity index is 1.96. The number of rotatable bonds is 3. The van der Waals surface area contributed by atoms with Gasteiger partial charge in [0.15, 0.2) is 0 Å². The van der Waals surface area contributed by atoms with Gasteiger partial charge in [-0.15, -0.1) is 0 Å². The maximum Gasteiger partial charge on any atom is 0.253 e. The zero-order chi connectivity index (χ0) is 14.7. The summed E-state index contributed by atoms with van der Waals surface area (Å²) in [6.45, 7) is 2.80. The molecule has 5 heteroatoms. The Morgan fingerprint density at radius 1 is 1.40 bits per heavy atom. The second-order valence-electron chi connectivity index (χ2n) is 5.63. The summed E-state index contributed by atoms with van der Waals surface area (Å²) in [5.74, 6) is 0.802. The van der Waals surface area contributed by atoms with Crippen molar-refractivity contribution in [2.24, 2.45) is 5.92 Å². The average molecular weight is 360 g/mol. The topological polar surface area (TPSA) is 23.6 Å². The van der Waals surface area contributed by atoms with Gasteiger partial charge in [0.2, 0.25) is 0 Å². The minimum Gasteiger partial charge on any atom is -0.339 e. The summed E-state index contributed by atoms with van der Waals surface area (Å²) >= 11 is 9.33. The van der Waals surface area contributed by atoms with Gasteiger partial charge in [-0.05, 0) is 67.0 Å². The lowest BCUT2D eigenvalue weighted by Crippen LogP contribution is -2.40. The van der Waals surface area contributed by atoms with Crippen molar-refractivity contribution in [3.63, 3.8) is 0 Å². The summed E-state index contributed by atoms with van der Waals surface area (Å²) in [5, 5.41) is 0.631. The van der Waals surface area contributed by atoms with E-state index >= 15 is 0 Å². The fourth-order valence-electron chi connectivity index (χ4n) is 2.65. The standard InChI is InChI=1S/C15H20BrClN2O/c1-18(2)10-11-5-7-19(8-6-11)15(20)12-3-4-14(17)13(16)9-12/h3-4,9,11H,5-8,10H2,1-2H3. The normalized spacial score (nSPS) is 16.8. The number of piperidine rings is 1. The van der Waals surface area contributed by atoms with Gasteiger partial charge in [-0.25, -0.2) is 0 Å². The molecule has 1 amide bonds. The Morgan fingerprint density at radius 3 is 2.60 bits per heavy atom. The largest absolute Gasteiger partial charge is 0.339 e. The van der Waals surface area contributed by atoms with Gasteiger partial charge < -0.3 is 9.80 Å². The van der Waals surface area contributed by atoms with Crippen LogP contribution in [0.25, 0.3) is 0 Å². The monoisotopic (exact) mass is 358 g/mol. The first-order chi connectivity index (χ1) is 9.47. The molecule has 0 aliphatic carbocycles. The fourth-order valence-corrected chi connectivity index (χ4v) is 3.14. The minimum atomic E-state index is 0.102. The number of carbonyl (C=O) groups is 1. The van der Waals surface area contributed by atoms with E-state index in [1.54, 1.807) is 18.2 Å². The summed E-state index contributed by atoms with van der Waals surface area (Å²) < 4.78 is 0.771. The van der Waals surface area contributed by atoms with Gasteiger partial charge in [-0.2, -0.15) is 0 Å². The van der Waals surface area contributed by atoms with Crippen molar-refractivity contribution in [3.8, 4) is 0 Å². The molecule has 0 atom stereocenters. The van der Waals surface area contributed by atoms with Gasteiger partial charge >= 0.3 is 0 Å². The van der Waals surface area contributed by atoms with Crippen LogP contribution in [-0.4, -0.2) is 49.4 Å². The number of likely N-dealkylation sites (tertiary alicyclic amines) is 1. The summed E-state index contributed by atoms with van der Waals surface area (Å²) in [6, 6.07) is 5.36. The third kappa shape index (κ3) is 3.96. The predicted molar refractivity (Wildman–Crippen MR) is 86.3 cm³/mol. The zero-order valence-corrected chi connectivity index (χ0v) is 14.2. The second kappa shape index (κ2) is 6.92. The number of amides is 1. The van der Waals surface area contributed by atoms with Crippen LogP contribution < -0.4 is 0 Å². The molecule has 1 saturated heterocycles. The van der Waals surface area contributed by atoms with E-state index in [2.05, 4.69) is 34.9 Å². The van der Waals surface area contributed by atoms with E-state index in [1.807, 2.05) is 4.90 Å². The Hall–Kier alpha value is -0.580. The van der Waals surface area contributed by atoms with Crippen LogP contribution in [-0.2, 0) is 0 Å². The lowest BCUT2D eigenvalue weighted by molar-refractivity contribution is 0.0678. The molecule has 0 aromatic heterocycles. The maximum absolute atomic E-state index is 12.4. The molecule has 20 heavy (non-hydrogen) atoms. The zero-order valence-electron chi connectivity index (χ0n) is 11.9. The number of hydrogen-bond acceptors (Lipinski definition) is 2. The maximum atomic E-state index is 12.4. The van der Waals surface area contributed by atoms with E-state index < -0.39 is 0 Å². The van der Waals surface area contributed by atoms with E-state index in [-0.39, 0.29) is 5.91 Å². The third-order valence-electron chi connectivity index (χ3n) is 3.69. The van der Waals surface area contributed by atoms with Crippen LogP contribution in [0.4, 0.5) is 0 Å². The summed E-state index contributed by atoms with van der Waals surface area (Å²) in [7, 11) is 4.20. The van der Waals surface area contributed by atoms with Crippen LogP contribution in [0.3, 0.4) is 0 Å². The number of halogens is 2. The number of benzene rings is 1. The highest BCUT2D eigenvalue weighted by Gasteiger charge is 2.24. The highest BCUT2D eigenvalue weighted by Crippen LogP contribution is 2.25. The van der Waals surface area contributed by atoms with Crippen LogP contribution >= 0.6 is 27.5 Å². The molecule has 110 valence electrons. The average Bonchev–Trinajstić information content (AvgIpc) is 2.41. The molecular weight excluding hydrogens is 340 g/mol. The highest BCUT2D eigenvalue weighted by molar-refractivity contribution is 9.10. The molecule has 0 N–H and O–H groups in total. The van der Waals surface area contributed by atoms with E-state index in [0.717, 1.165) is 36.9 Å². The molecule has 2 rings (SSSR count). The summed E-state index contributed by atoms with van der Waals surface area (Å²) in [6.07, 6.45) is 2.16. The number of nitrogens with zero attached hydrogens (tertiary/aromatic N) is 2. The van der Waals surface area contributed by atoms with Crippen LogP contribution in [0.1, 0.15) is 23.2 Å². The van der Waals surface area contributed by atoms with Crippen LogP contribution in [0.2, 0.25) is 5.02 Å². The van der Waals surface area contributed by atoms with Gasteiger partial charge in [0.25, 0.3) is 5.91 Å². The quantitative estimate of drug-likeness (QED) is 0.824. The molecule has 1 aromatic rings. The first-order valence-electron chi connectivity index (χ1n) is 6.86. The molecule has 0 saturated carbocycles. The van der Waals surface area contributed by atoms with Crippen LogP contribution in [0.15, 0.2) is 22.7 Å². The van der Waals surface area contributed by atoms with Gasteiger partial charge in [0.05, 0.1) is 5.02 Å². The summed E-state index contributed by atoms with van der Waals surface area (Å²) in [5.41, 5.74) is 0.701. The molecule has 0 spiro atoms. The van der Waals surface area contributed by atoms with E-state index in [0.29, 0.717) is 16.5 Å². The first kappa shape index (κ1) is 15.8. The molecule has 0 radical (unpaired) electrons. The van der Waals surface area contributed by atoms with Gasteiger partial charge in [0.1, 0.15) is 0 Å². The smallest absolute Gasteiger partial charge is 0.253 e. The minimum absolute atomic E-state index is 0.102. The van der Waals surface area contributed by atoms with Gasteiger partial charge in [-0.1, -0.05) is 11.6 Å². The van der Waals surface area contributed by atoms with Gasteiger partial charge in [0, 0.05) is 29.7 Å². The van der Waals surface area contributed by atoms with Crippen molar-refractivity contribution in [1.29, 1.82) is 0 Å². The van der Waals surface area contributed by atoms with Crippen molar-refractivity contribution >= 4 is 33.4 Å². The second-order valence-corrected chi connectivity index (χ2v) is 6.89. The number of hydrogen-bond donors (Lipinski definition) is 0. The third-order valence-corrected chi connectivity index (χ3v) is 4.91. The molecule has 0 unspecified atom stereocenters. The molecular formula is C15H20BrClN2O. The van der Waals surface area contributed by atoms with E-state index in [4.69, 9.17) is 11.6 Å². The summed E-state index contributed by atoms with van der Waals surface area (Å²) in [4.78, 5) is 16.6. The highest BCUT2D eigenvalue weighted by atomic mass is 79.9. The Morgan fingerprint density at radius 2 is 2.05 bits per heavy atom. The molecule has 1 aliphatic heterocycles. The molecule has 0 bridgehead atoms. The Bertz CT molecular complexity index is 485. The van der Waals surface area contributed by atoms with Crippen molar-refractivity contribution in [3.05, 3.63) is 33.3 Å². The number of carbonyl (C=O) groups excluding carboxylic acids is 1. The first-order valence-corrected chi connectivity index (χ1v) is 8.03. The van der Waals surface area contributed by atoms with Crippen LogP contribution in [0, 0.1) is 5.92 Å². The molecule has 1 fully saturated rings.